The molecule has 14 nitrogen and oxygen atoms in total. The largest absolute Gasteiger partial charge is 0.480 e. The first-order valence-corrected chi connectivity index (χ1v) is 11.2. The van der Waals surface area contributed by atoms with Gasteiger partial charge in [0, 0.05) is 18.3 Å². The van der Waals surface area contributed by atoms with Crippen LogP contribution in [-0.4, -0.2) is 92.6 Å². The average Bonchev–Trinajstić information content (AvgIpc) is 3.27. The van der Waals surface area contributed by atoms with Gasteiger partial charge in [0.05, 0.1) is 19.4 Å². The number of hydrogen-bond donors (Lipinski definition) is 8. The molecule has 0 aliphatic heterocycles. The first-order valence-electron chi connectivity index (χ1n) is 9.83. The SMILES string of the molecule is CSCCC(NC(=O)C(Cc1cnc[nH]1)NC(=O)C(N)CO)C(=O)NC(CC(N)=O)C(=O)O. The second kappa shape index (κ2) is 14.1. The lowest BCUT2D eigenvalue weighted by Gasteiger charge is -2.24. The number of aromatic amines is 1. The fraction of sp³-hybridized carbons (Fsp3) is 0.556. The van der Waals surface area contributed by atoms with Gasteiger partial charge in [-0.25, -0.2) is 9.78 Å². The van der Waals surface area contributed by atoms with Crippen LogP contribution in [0.3, 0.4) is 0 Å². The number of carbonyl (C=O) groups is 5. The first kappa shape index (κ1) is 27.9. The summed E-state index contributed by atoms with van der Waals surface area (Å²) >= 11 is 1.39. The van der Waals surface area contributed by atoms with Crippen molar-refractivity contribution in [2.24, 2.45) is 11.5 Å². The standard InChI is InChI=1S/C18H29N7O7S/c1-33-3-2-11(16(29)25-13(18(31)32)5-14(20)27)23-17(30)12(4-9-6-21-8-22-9)24-15(28)10(19)7-26/h6,8,10-13,26H,2-5,7,19H2,1H3,(H2,20,27)(H,21,22)(H,23,30)(H,24,28)(H,25,29)(H,31,32). The number of imidazole rings is 1. The lowest BCUT2D eigenvalue weighted by atomic mass is 10.1. The maximum absolute atomic E-state index is 13.0. The van der Waals surface area contributed by atoms with Crippen LogP contribution >= 0.6 is 11.8 Å². The van der Waals surface area contributed by atoms with Crippen molar-refractivity contribution in [3.63, 3.8) is 0 Å². The van der Waals surface area contributed by atoms with E-state index < -0.39 is 66.8 Å². The zero-order chi connectivity index (χ0) is 25.0. The van der Waals surface area contributed by atoms with Crippen LogP contribution in [0.4, 0.5) is 0 Å². The summed E-state index contributed by atoms with van der Waals surface area (Å²) in [6, 6.07) is -5.16. The number of thioether (sulfide) groups is 1. The van der Waals surface area contributed by atoms with Gasteiger partial charge in [0.2, 0.25) is 23.6 Å². The number of aliphatic hydroxyl groups excluding tert-OH is 1. The number of aliphatic carboxylic acids is 1. The first-order chi connectivity index (χ1) is 15.6. The van der Waals surface area contributed by atoms with E-state index in [0.717, 1.165) is 0 Å². The maximum atomic E-state index is 13.0. The van der Waals surface area contributed by atoms with Gasteiger partial charge < -0.3 is 42.6 Å². The second-order valence-electron chi connectivity index (χ2n) is 7.04. The quantitative estimate of drug-likeness (QED) is 0.121. The van der Waals surface area contributed by atoms with Crippen molar-refractivity contribution in [1.82, 2.24) is 25.9 Å². The molecule has 1 aromatic heterocycles. The Morgan fingerprint density at radius 1 is 1.09 bits per heavy atom. The van der Waals surface area contributed by atoms with E-state index in [9.17, 15) is 29.1 Å². The number of carboxylic acid groups (broad SMARTS) is 1. The van der Waals surface area contributed by atoms with E-state index in [2.05, 4.69) is 25.9 Å². The Kier molecular flexibility index (Phi) is 11.9. The molecule has 0 fully saturated rings. The normalized spacial score (nSPS) is 14.4. The molecule has 33 heavy (non-hydrogen) atoms. The highest BCUT2D eigenvalue weighted by molar-refractivity contribution is 7.98. The fourth-order valence-electron chi connectivity index (χ4n) is 2.64. The molecule has 0 aromatic carbocycles. The summed E-state index contributed by atoms with van der Waals surface area (Å²) in [6.45, 7) is -0.639. The molecule has 0 aliphatic rings. The van der Waals surface area contributed by atoms with E-state index in [0.29, 0.717) is 11.4 Å². The molecule has 0 saturated carbocycles. The third kappa shape index (κ3) is 9.88. The van der Waals surface area contributed by atoms with E-state index in [4.69, 9.17) is 16.6 Å². The van der Waals surface area contributed by atoms with Crippen LogP contribution in [0.5, 0.6) is 0 Å². The molecular formula is C18H29N7O7S. The lowest BCUT2D eigenvalue weighted by Crippen LogP contribution is -2.58. The molecule has 1 heterocycles. The predicted octanol–water partition coefficient (Wildman–Crippen LogP) is -3.56. The van der Waals surface area contributed by atoms with Gasteiger partial charge in [-0.3, -0.25) is 19.2 Å². The molecule has 0 spiro atoms. The maximum Gasteiger partial charge on any atom is 0.326 e. The Labute approximate surface area is 193 Å². The number of hydrogen-bond acceptors (Lipinski definition) is 9. The number of H-pyrrole nitrogens is 1. The minimum atomic E-state index is -1.56. The van der Waals surface area contributed by atoms with Gasteiger partial charge in [-0.2, -0.15) is 11.8 Å². The van der Waals surface area contributed by atoms with Crippen LogP contribution in [-0.2, 0) is 30.4 Å². The minimum Gasteiger partial charge on any atom is -0.480 e. The van der Waals surface area contributed by atoms with Crippen molar-refractivity contribution >= 4 is 41.4 Å². The van der Waals surface area contributed by atoms with Gasteiger partial charge in [0.1, 0.15) is 24.2 Å². The van der Waals surface area contributed by atoms with Gasteiger partial charge in [-0.15, -0.1) is 0 Å². The smallest absolute Gasteiger partial charge is 0.326 e. The molecule has 4 amide bonds. The molecule has 1 aromatic rings. The number of amides is 4. The molecule has 1 rings (SSSR count). The van der Waals surface area contributed by atoms with Gasteiger partial charge in [-0.1, -0.05) is 0 Å². The molecule has 15 heteroatoms. The van der Waals surface area contributed by atoms with E-state index in [-0.39, 0.29) is 12.8 Å². The van der Waals surface area contributed by atoms with Gasteiger partial charge in [0.15, 0.2) is 0 Å². The van der Waals surface area contributed by atoms with Crippen LogP contribution in [0, 0.1) is 0 Å². The van der Waals surface area contributed by atoms with E-state index in [1.807, 2.05) is 0 Å². The average molecular weight is 488 g/mol. The highest BCUT2D eigenvalue weighted by Crippen LogP contribution is 2.06. The van der Waals surface area contributed by atoms with Crippen LogP contribution in [0.1, 0.15) is 18.5 Å². The molecule has 10 N–H and O–H groups in total. The summed E-state index contributed by atoms with van der Waals surface area (Å²) in [5.74, 6) is -4.29. The van der Waals surface area contributed by atoms with Crippen LogP contribution in [0.25, 0.3) is 0 Å². The highest BCUT2D eigenvalue weighted by Gasteiger charge is 2.31. The lowest BCUT2D eigenvalue weighted by molar-refractivity contribution is -0.143. The van der Waals surface area contributed by atoms with Gasteiger partial charge in [-0.05, 0) is 18.4 Å². The Bertz CT molecular complexity index is 821. The zero-order valence-electron chi connectivity index (χ0n) is 17.9. The van der Waals surface area contributed by atoms with Crippen molar-refractivity contribution in [3.8, 4) is 0 Å². The number of nitrogens with one attached hydrogen (secondary N) is 4. The summed E-state index contributed by atoms with van der Waals surface area (Å²) in [5.41, 5.74) is 11.0. The van der Waals surface area contributed by atoms with Gasteiger partial charge >= 0.3 is 5.97 Å². The number of primary amides is 1. The number of aliphatic hydroxyl groups is 1. The predicted molar refractivity (Wildman–Crippen MR) is 118 cm³/mol. The second-order valence-corrected chi connectivity index (χ2v) is 8.03. The monoisotopic (exact) mass is 487 g/mol. The molecule has 0 saturated heterocycles. The summed E-state index contributed by atoms with van der Waals surface area (Å²) in [5, 5.41) is 25.4. The van der Waals surface area contributed by atoms with Crippen LogP contribution in [0.15, 0.2) is 12.5 Å². The number of carbonyl (C=O) groups excluding carboxylic acids is 4. The van der Waals surface area contributed by atoms with Crippen molar-refractivity contribution in [2.75, 3.05) is 18.6 Å². The Hall–Kier alpha value is -3.17. The summed E-state index contributed by atoms with van der Waals surface area (Å²) in [7, 11) is 0. The minimum absolute atomic E-state index is 0.0218. The Balaban J connectivity index is 3.01. The summed E-state index contributed by atoms with van der Waals surface area (Å²) < 4.78 is 0. The number of aromatic nitrogens is 2. The molecular weight excluding hydrogens is 458 g/mol. The molecule has 0 radical (unpaired) electrons. The van der Waals surface area contributed by atoms with E-state index in [1.165, 1.54) is 24.3 Å². The van der Waals surface area contributed by atoms with Crippen molar-refractivity contribution in [1.29, 1.82) is 0 Å². The topological polar surface area (TPSA) is 243 Å². The highest BCUT2D eigenvalue weighted by atomic mass is 32.2. The zero-order valence-corrected chi connectivity index (χ0v) is 18.8. The molecule has 184 valence electrons. The number of rotatable bonds is 15. The van der Waals surface area contributed by atoms with Crippen molar-refractivity contribution < 1.29 is 34.2 Å². The van der Waals surface area contributed by atoms with Crippen molar-refractivity contribution in [3.05, 3.63) is 18.2 Å². The van der Waals surface area contributed by atoms with E-state index >= 15 is 0 Å². The third-order valence-electron chi connectivity index (χ3n) is 4.41. The fourth-order valence-corrected chi connectivity index (χ4v) is 3.11. The Morgan fingerprint density at radius 3 is 2.21 bits per heavy atom. The molecule has 0 bridgehead atoms. The third-order valence-corrected chi connectivity index (χ3v) is 5.05. The summed E-state index contributed by atoms with van der Waals surface area (Å²) in [4.78, 5) is 66.8. The van der Waals surface area contributed by atoms with Crippen LogP contribution in [0.2, 0.25) is 0 Å². The number of nitrogens with two attached hydrogens (primary N) is 2. The molecule has 4 atom stereocenters. The summed E-state index contributed by atoms with van der Waals surface area (Å²) in [6.07, 6.45) is 4.10. The van der Waals surface area contributed by atoms with Crippen molar-refractivity contribution in [2.45, 2.75) is 43.4 Å². The number of carboxylic acids is 1. The van der Waals surface area contributed by atoms with Crippen LogP contribution < -0.4 is 27.4 Å². The molecule has 0 aliphatic carbocycles. The molecule has 4 unspecified atom stereocenters. The Morgan fingerprint density at radius 2 is 1.70 bits per heavy atom. The van der Waals surface area contributed by atoms with E-state index in [1.54, 1.807) is 6.26 Å². The number of nitrogens with zero attached hydrogens (tertiary/aromatic N) is 1. The van der Waals surface area contributed by atoms with Gasteiger partial charge in [0.25, 0.3) is 0 Å².